The van der Waals surface area contributed by atoms with E-state index in [0.717, 1.165) is 44.1 Å². The SMILES string of the molecule is O=C(C1CCC1)N1CCN(C(=O)C2(c3cccc(Cl)c3)CCCCC2)CC1. The normalized spacial score (nSPS) is 23.0. The highest BCUT2D eigenvalue weighted by Gasteiger charge is 2.44. The molecule has 3 aliphatic rings. The second kappa shape index (κ2) is 7.83. The van der Waals surface area contributed by atoms with E-state index in [-0.39, 0.29) is 11.8 Å². The van der Waals surface area contributed by atoms with Crippen molar-refractivity contribution in [1.82, 2.24) is 9.80 Å². The molecule has 0 N–H and O–H groups in total. The van der Waals surface area contributed by atoms with E-state index in [9.17, 15) is 9.59 Å². The standard InChI is InChI=1S/C22H29ClN2O2/c23-19-9-5-8-18(16-19)22(10-2-1-3-11-22)21(27)25-14-12-24(13-15-25)20(26)17-6-4-7-17/h5,8-9,16-17H,1-4,6-7,10-15H2. The molecule has 2 aliphatic carbocycles. The van der Waals surface area contributed by atoms with E-state index in [1.54, 1.807) is 0 Å². The van der Waals surface area contributed by atoms with Gasteiger partial charge in [0.15, 0.2) is 0 Å². The summed E-state index contributed by atoms with van der Waals surface area (Å²) in [6.07, 6.45) is 8.40. The molecule has 2 amide bonds. The highest BCUT2D eigenvalue weighted by Crippen LogP contribution is 2.42. The molecule has 0 spiro atoms. The van der Waals surface area contributed by atoms with Gasteiger partial charge in [-0.25, -0.2) is 0 Å². The second-order valence-electron chi connectivity index (χ2n) is 8.40. The van der Waals surface area contributed by atoms with Crippen LogP contribution in [0.15, 0.2) is 24.3 Å². The Morgan fingerprint density at radius 2 is 1.59 bits per heavy atom. The van der Waals surface area contributed by atoms with Crippen molar-refractivity contribution in [2.75, 3.05) is 26.2 Å². The highest BCUT2D eigenvalue weighted by atomic mass is 35.5. The average Bonchev–Trinajstić information content (AvgIpc) is 2.67. The Morgan fingerprint density at radius 3 is 2.19 bits per heavy atom. The molecule has 1 heterocycles. The summed E-state index contributed by atoms with van der Waals surface area (Å²) in [4.78, 5) is 30.1. The van der Waals surface area contributed by atoms with Crippen molar-refractivity contribution in [2.24, 2.45) is 5.92 Å². The molecule has 1 aromatic rings. The molecule has 1 aromatic carbocycles. The van der Waals surface area contributed by atoms with Crippen molar-refractivity contribution in [2.45, 2.75) is 56.8 Å². The Morgan fingerprint density at radius 1 is 0.926 bits per heavy atom. The van der Waals surface area contributed by atoms with Crippen LogP contribution in [0.3, 0.4) is 0 Å². The quantitative estimate of drug-likeness (QED) is 0.784. The van der Waals surface area contributed by atoms with Crippen LogP contribution >= 0.6 is 11.6 Å². The molecule has 5 heteroatoms. The molecule has 0 atom stereocenters. The Hall–Kier alpha value is -1.55. The number of halogens is 1. The Balaban J connectivity index is 1.48. The van der Waals surface area contributed by atoms with Gasteiger partial charge in [-0.2, -0.15) is 0 Å². The first-order chi connectivity index (χ1) is 13.1. The molecule has 3 fully saturated rings. The second-order valence-corrected chi connectivity index (χ2v) is 8.83. The van der Waals surface area contributed by atoms with Gasteiger partial charge >= 0.3 is 0 Å². The average molecular weight is 389 g/mol. The van der Waals surface area contributed by atoms with E-state index in [0.29, 0.717) is 37.1 Å². The van der Waals surface area contributed by atoms with Crippen LogP contribution in [0.4, 0.5) is 0 Å². The molecule has 1 aliphatic heterocycles. The van der Waals surface area contributed by atoms with E-state index in [1.165, 1.54) is 12.8 Å². The van der Waals surface area contributed by atoms with Gasteiger partial charge in [0.2, 0.25) is 11.8 Å². The summed E-state index contributed by atoms with van der Waals surface area (Å²) in [6, 6.07) is 7.86. The van der Waals surface area contributed by atoms with Gasteiger partial charge in [0.05, 0.1) is 5.41 Å². The van der Waals surface area contributed by atoms with Gasteiger partial charge in [-0.05, 0) is 43.4 Å². The molecule has 2 saturated carbocycles. The molecule has 1 saturated heterocycles. The van der Waals surface area contributed by atoms with Gasteiger partial charge in [-0.15, -0.1) is 0 Å². The molecule has 27 heavy (non-hydrogen) atoms. The van der Waals surface area contributed by atoms with Crippen LogP contribution in [0.2, 0.25) is 5.02 Å². The maximum atomic E-state index is 13.6. The van der Waals surface area contributed by atoms with Gasteiger partial charge in [-0.3, -0.25) is 9.59 Å². The van der Waals surface area contributed by atoms with Crippen LogP contribution in [0.1, 0.15) is 56.9 Å². The van der Waals surface area contributed by atoms with Gasteiger partial charge < -0.3 is 9.80 Å². The molecule has 4 rings (SSSR count). The summed E-state index contributed by atoms with van der Waals surface area (Å²) >= 11 is 6.25. The number of hydrogen-bond acceptors (Lipinski definition) is 2. The van der Waals surface area contributed by atoms with Crippen LogP contribution in [-0.4, -0.2) is 47.8 Å². The van der Waals surface area contributed by atoms with Crippen molar-refractivity contribution in [3.63, 3.8) is 0 Å². The number of benzene rings is 1. The molecule has 146 valence electrons. The predicted molar refractivity (Wildman–Crippen MR) is 107 cm³/mol. The Bertz CT molecular complexity index is 702. The molecular formula is C22H29ClN2O2. The number of carbonyl (C=O) groups is 2. The number of hydrogen-bond donors (Lipinski definition) is 0. The molecular weight excluding hydrogens is 360 g/mol. The van der Waals surface area contributed by atoms with Gasteiger partial charge in [-0.1, -0.05) is 49.4 Å². The molecule has 4 nitrogen and oxygen atoms in total. The van der Waals surface area contributed by atoms with E-state index >= 15 is 0 Å². The van der Waals surface area contributed by atoms with Crippen LogP contribution in [0.5, 0.6) is 0 Å². The molecule has 0 radical (unpaired) electrons. The lowest BCUT2D eigenvalue weighted by Gasteiger charge is -2.44. The van der Waals surface area contributed by atoms with Crippen LogP contribution in [-0.2, 0) is 15.0 Å². The van der Waals surface area contributed by atoms with Crippen molar-refractivity contribution in [1.29, 1.82) is 0 Å². The van der Waals surface area contributed by atoms with Gasteiger partial charge in [0, 0.05) is 37.1 Å². The van der Waals surface area contributed by atoms with E-state index in [2.05, 4.69) is 6.07 Å². The Labute approximate surface area is 166 Å². The number of rotatable bonds is 3. The van der Waals surface area contributed by atoms with Gasteiger partial charge in [0.1, 0.15) is 0 Å². The molecule has 0 aromatic heterocycles. The zero-order valence-corrected chi connectivity index (χ0v) is 16.7. The van der Waals surface area contributed by atoms with Crippen molar-refractivity contribution >= 4 is 23.4 Å². The topological polar surface area (TPSA) is 40.6 Å². The fourth-order valence-electron chi connectivity index (χ4n) is 4.91. The third kappa shape index (κ3) is 3.61. The summed E-state index contributed by atoms with van der Waals surface area (Å²) in [6.45, 7) is 2.65. The molecule has 0 bridgehead atoms. The van der Waals surface area contributed by atoms with Crippen LogP contribution in [0, 0.1) is 5.92 Å². The highest BCUT2D eigenvalue weighted by molar-refractivity contribution is 6.30. The first-order valence-electron chi connectivity index (χ1n) is 10.4. The lowest BCUT2D eigenvalue weighted by Crippen LogP contribution is -2.57. The van der Waals surface area contributed by atoms with Crippen LogP contribution in [0.25, 0.3) is 0 Å². The zero-order valence-electron chi connectivity index (χ0n) is 16.0. The minimum absolute atomic E-state index is 0.236. The lowest BCUT2D eigenvalue weighted by molar-refractivity contribution is -0.147. The third-order valence-corrected chi connectivity index (χ3v) is 7.06. The van der Waals surface area contributed by atoms with E-state index < -0.39 is 5.41 Å². The third-order valence-electron chi connectivity index (χ3n) is 6.83. The number of nitrogens with zero attached hydrogens (tertiary/aromatic N) is 2. The minimum Gasteiger partial charge on any atom is -0.339 e. The van der Waals surface area contributed by atoms with Crippen molar-refractivity contribution in [3.8, 4) is 0 Å². The summed E-state index contributed by atoms with van der Waals surface area (Å²) in [5.41, 5.74) is 0.621. The summed E-state index contributed by atoms with van der Waals surface area (Å²) in [5.74, 6) is 0.777. The lowest BCUT2D eigenvalue weighted by atomic mass is 9.68. The minimum atomic E-state index is -0.441. The fraction of sp³-hybridized carbons (Fsp3) is 0.636. The summed E-state index contributed by atoms with van der Waals surface area (Å²) in [5, 5.41) is 0.696. The first kappa shape index (κ1) is 18.8. The Kier molecular flexibility index (Phi) is 5.45. The fourth-order valence-corrected chi connectivity index (χ4v) is 5.10. The number of amides is 2. The predicted octanol–water partition coefficient (Wildman–Crippen LogP) is 4.01. The van der Waals surface area contributed by atoms with E-state index in [1.807, 2.05) is 28.0 Å². The van der Waals surface area contributed by atoms with Crippen LogP contribution < -0.4 is 0 Å². The monoisotopic (exact) mass is 388 g/mol. The largest absolute Gasteiger partial charge is 0.339 e. The van der Waals surface area contributed by atoms with Crippen molar-refractivity contribution in [3.05, 3.63) is 34.9 Å². The van der Waals surface area contributed by atoms with Gasteiger partial charge in [0.25, 0.3) is 0 Å². The number of carbonyl (C=O) groups excluding carboxylic acids is 2. The summed E-state index contributed by atoms with van der Waals surface area (Å²) < 4.78 is 0. The maximum absolute atomic E-state index is 13.6. The smallest absolute Gasteiger partial charge is 0.233 e. The number of piperazine rings is 1. The molecule has 0 unspecified atom stereocenters. The zero-order chi connectivity index (χ0) is 18.9. The summed E-state index contributed by atoms with van der Waals surface area (Å²) in [7, 11) is 0. The van der Waals surface area contributed by atoms with Crippen molar-refractivity contribution < 1.29 is 9.59 Å². The first-order valence-corrected chi connectivity index (χ1v) is 10.8. The van der Waals surface area contributed by atoms with E-state index in [4.69, 9.17) is 11.6 Å². The maximum Gasteiger partial charge on any atom is 0.233 e.